The van der Waals surface area contributed by atoms with Gasteiger partial charge in [0.05, 0.1) is 5.69 Å². The van der Waals surface area contributed by atoms with Gasteiger partial charge in [-0.3, -0.25) is 4.57 Å². The van der Waals surface area contributed by atoms with Crippen molar-refractivity contribution in [2.24, 2.45) is 0 Å². The van der Waals surface area contributed by atoms with Gasteiger partial charge in [-0.2, -0.15) is 13.2 Å². The van der Waals surface area contributed by atoms with Crippen molar-refractivity contribution in [2.45, 2.75) is 6.18 Å². The van der Waals surface area contributed by atoms with Crippen molar-refractivity contribution < 1.29 is 17.6 Å². The first-order valence-electron chi connectivity index (χ1n) is 6.53. The molecule has 0 saturated carbocycles. The lowest BCUT2D eigenvalue weighted by Gasteiger charge is -2.09. The quantitative estimate of drug-likeness (QED) is 0.536. The minimum atomic E-state index is -4.61. The summed E-state index contributed by atoms with van der Waals surface area (Å²) >= 11 is 3.12. The molecule has 0 aliphatic carbocycles. The van der Waals surface area contributed by atoms with Crippen molar-refractivity contribution in [1.82, 2.24) is 9.55 Å². The molecule has 0 bridgehead atoms. The van der Waals surface area contributed by atoms with Gasteiger partial charge in [0.15, 0.2) is 5.69 Å². The lowest BCUT2D eigenvalue weighted by molar-refractivity contribution is -0.140. The number of nitrogens with zero attached hydrogens (tertiary/aromatic N) is 2. The Morgan fingerprint density at radius 2 is 1.70 bits per heavy atom. The standard InChI is InChI=1S/C16H9BrF4N2/c17-11-6-7-13(12(18)8-11)23-9-14(16(19,20)21)22-15(23)10-4-2-1-3-5-10/h1-9H. The topological polar surface area (TPSA) is 17.8 Å². The number of imidazole rings is 1. The summed E-state index contributed by atoms with van der Waals surface area (Å²) in [5, 5.41) is 0. The highest BCUT2D eigenvalue weighted by Crippen LogP contribution is 2.33. The van der Waals surface area contributed by atoms with Gasteiger partial charge in [0.25, 0.3) is 0 Å². The van der Waals surface area contributed by atoms with E-state index in [0.717, 1.165) is 10.8 Å². The summed E-state index contributed by atoms with van der Waals surface area (Å²) in [6.07, 6.45) is -3.81. The maximum absolute atomic E-state index is 14.2. The van der Waals surface area contributed by atoms with Crippen LogP contribution in [0, 0.1) is 5.82 Å². The zero-order valence-corrected chi connectivity index (χ0v) is 13.1. The van der Waals surface area contributed by atoms with Crippen LogP contribution >= 0.6 is 15.9 Å². The van der Waals surface area contributed by atoms with Crippen LogP contribution in [0.2, 0.25) is 0 Å². The number of hydrogen-bond acceptors (Lipinski definition) is 1. The Morgan fingerprint density at radius 3 is 2.30 bits per heavy atom. The first-order valence-corrected chi connectivity index (χ1v) is 7.33. The molecule has 23 heavy (non-hydrogen) atoms. The Hall–Kier alpha value is -2.15. The largest absolute Gasteiger partial charge is 0.434 e. The van der Waals surface area contributed by atoms with Crippen LogP contribution in [0.3, 0.4) is 0 Å². The van der Waals surface area contributed by atoms with Crippen molar-refractivity contribution in [3.05, 3.63) is 70.7 Å². The van der Waals surface area contributed by atoms with Gasteiger partial charge < -0.3 is 0 Å². The van der Waals surface area contributed by atoms with Crippen LogP contribution in [-0.2, 0) is 6.18 Å². The van der Waals surface area contributed by atoms with Crippen LogP contribution in [0.25, 0.3) is 17.1 Å². The molecule has 0 N–H and O–H groups in total. The molecule has 3 rings (SSSR count). The predicted octanol–water partition coefficient (Wildman–Crippen LogP) is 5.46. The molecule has 7 heteroatoms. The molecular formula is C16H9BrF4N2. The van der Waals surface area contributed by atoms with E-state index in [1.165, 1.54) is 12.1 Å². The van der Waals surface area contributed by atoms with Gasteiger partial charge in [-0.1, -0.05) is 46.3 Å². The van der Waals surface area contributed by atoms with Crippen LogP contribution in [0.4, 0.5) is 17.6 Å². The molecule has 0 unspecified atom stereocenters. The smallest absolute Gasteiger partial charge is 0.296 e. The van der Waals surface area contributed by atoms with E-state index in [4.69, 9.17) is 0 Å². The minimum Gasteiger partial charge on any atom is -0.296 e. The van der Waals surface area contributed by atoms with E-state index < -0.39 is 17.7 Å². The van der Waals surface area contributed by atoms with Crippen molar-refractivity contribution in [3.8, 4) is 17.1 Å². The van der Waals surface area contributed by atoms with Gasteiger partial charge >= 0.3 is 6.18 Å². The molecule has 1 heterocycles. The molecule has 1 aromatic heterocycles. The number of alkyl halides is 3. The Kier molecular flexibility index (Phi) is 3.97. The summed E-state index contributed by atoms with van der Waals surface area (Å²) in [4.78, 5) is 3.65. The Morgan fingerprint density at radius 1 is 1.00 bits per heavy atom. The molecule has 0 amide bonds. The van der Waals surface area contributed by atoms with Crippen LogP contribution < -0.4 is 0 Å². The SMILES string of the molecule is Fc1cc(Br)ccc1-n1cc(C(F)(F)F)nc1-c1ccccc1. The maximum Gasteiger partial charge on any atom is 0.434 e. The Bertz CT molecular complexity index is 841. The second-order valence-corrected chi connectivity index (χ2v) is 5.69. The third kappa shape index (κ3) is 3.14. The summed E-state index contributed by atoms with van der Waals surface area (Å²) in [6.45, 7) is 0. The highest BCUT2D eigenvalue weighted by atomic mass is 79.9. The molecule has 2 aromatic carbocycles. The van der Waals surface area contributed by atoms with E-state index in [2.05, 4.69) is 20.9 Å². The summed E-state index contributed by atoms with van der Waals surface area (Å²) in [5.41, 5.74) is -0.612. The van der Waals surface area contributed by atoms with Crippen LogP contribution in [0.1, 0.15) is 5.69 Å². The van der Waals surface area contributed by atoms with E-state index in [1.54, 1.807) is 36.4 Å². The summed E-state index contributed by atoms with van der Waals surface area (Å²) < 4.78 is 54.8. The van der Waals surface area contributed by atoms with E-state index in [9.17, 15) is 17.6 Å². The van der Waals surface area contributed by atoms with Crippen molar-refractivity contribution in [2.75, 3.05) is 0 Å². The highest BCUT2D eigenvalue weighted by Gasteiger charge is 2.35. The van der Waals surface area contributed by atoms with Crippen LogP contribution in [0.5, 0.6) is 0 Å². The first kappa shape index (κ1) is 15.7. The third-order valence-corrected chi connectivity index (χ3v) is 3.69. The molecule has 0 atom stereocenters. The summed E-state index contributed by atoms with van der Waals surface area (Å²) in [6, 6.07) is 12.5. The van der Waals surface area contributed by atoms with Gasteiger partial charge in [0.2, 0.25) is 0 Å². The van der Waals surface area contributed by atoms with E-state index in [1.807, 2.05) is 0 Å². The second kappa shape index (κ2) is 5.81. The Balaban J connectivity index is 2.24. The normalized spacial score (nSPS) is 11.7. The molecular weight excluding hydrogens is 376 g/mol. The van der Waals surface area contributed by atoms with Crippen molar-refractivity contribution in [1.29, 1.82) is 0 Å². The molecule has 3 aromatic rings. The van der Waals surface area contributed by atoms with Gasteiger partial charge in [-0.15, -0.1) is 0 Å². The lowest BCUT2D eigenvalue weighted by Crippen LogP contribution is -2.05. The summed E-state index contributed by atoms with van der Waals surface area (Å²) in [5.74, 6) is -0.623. The molecule has 0 aliphatic rings. The van der Waals surface area contributed by atoms with Gasteiger partial charge in [-0.25, -0.2) is 9.37 Å². The number of hydrogen-bond donors (Lipinski definition) is 0. The molecule has 0 aliphatic heterocycles. The van der Waals surface area contributed by atoms with E-state index in [0.29, 0.717) is 10.0 Å². The number of benzene rings is 2. The molecule has 2 nitrogen and oxygen atoms in total. The number of halogens is 5. The van der Waals surface area contributed by atoms with Gasteiger partial charge in [0.1, 0.15) is 11.6 Å². The summed E-state index contributed by atoms with van der Waals surface area (Å²) in [7, 11) is 0. The Labute approximate surface area is 137 Å². The van der Waals surface area contributed by atoms with Crippen LogP contribution in [0.15, 0.2) is 59.2 Å². The third-order valence-electron chi connectivity index (χ3n) is 3.20. The highest BCUT2D eigenvalue weighted by molar-refractivity contribution is 9.10. The monoisotopic (exact) mass is 384 g/mol. The average molecular weight is 385 g/mol. The van der Waals surface area contributed by atoms with Gasteiger partial charge in [0, 0.05) is 16.2 Å². The fourth-order valence-corrected chi connectivity index (χ4v) is 2.50. The molecule has 0 fully saturated rings. The van der Waals surface area contributed by atoms with Crippen molar-refractivity contribution >= 4 is 15.9 Å². The molecule has 0 saturated heterocycles. The number of rotatable bonds is 2. The fraction of sp³-hybridized carbons (Fsp3) is 0.0625. The van der Waals surface area contributed by atoms with Crippen molar-refractivity contribution in [3.63, 3.8) is 0 Å². The maximum atomic E-state index is 14.2. The molecule has 118 valence electrons. The van der Waals surface area contributed by atoms with Gasteiger partial charge in [-0.05, 0) is 18.2 Å². The second-order valence-electron chi connectivity index (χ2n) is 4.78. The zero-order valence-electron chi connectivity index (χ0n) is 11.5. The zero-order chi connectivity index (χ0) is 16.6. The minimum absolute atomic E-state index is 0.00458. The van der Waals surface area contributed by atoms with E-state index in [-0.39, 0.29) is 11.5 Å². The molecule has 0 spiro atoms. The van der Waals surface area contributed by atoms with Crippen LogP contribution in [-0.4, -0.2) is 9.55 Å². The first-order chi connectivity index (χ1) is 10.9. The van der Waals surface area contributed by atoms with E-state index >= 15 is 0 Å². The average Bonchev–Trinajstić information content (AvgIpc) is 2.93. The fourth-order valence-electron chi connectivity index (χ4n) is 2.17. The lowest BCUT2D eigenvalue weighted by atomic mass is 10.2. The molecule has 0 radical (unpaired) electrons. The number of aromatic nitrogens is 2. The predicted molar refractivity (Wildman–Crippen MR) is 81.7 cm³/mol.